The second kappa shape index (κ2) is 4.74. The fourth-order valence-corrected chi connectivity index (χ4v) is 2.58. The normalized spacial score (nSPS) is 22.3. The minimum atomic E-state index is -1.00. The molecule has 1 fully saturated rings. The summed E-state index contributed by atoms with van der Waals surface area (Å²) in [7, 11) is 0. The maximum absolute atomic E-state index is 11.1. The molecule has 0 bridgehead atoms. The summed E-state index contributed by atoms with van der Waals surface area (Å²) in [6.45, 7) is 7.55. The lowest BCUT2D eigenvalue weighted by Gasteiger charge is -2.43. The molecule has 1 atom stereocenters. The first-order valence-electron chi connectivity index (χ1n) is 6.34. The Hall–Kier alpha value is -1.75. The van der Waals surface area contributed by atoms with E-state index in [1.54, 1.807) is 12.1 Å². The van der Waals surface area contributed by atoms with E-state index < -0.39 is 5.97 Å². The molecule has 1 aromatic carbocycles. The molecule has 1 unspecified atom stereocenters. The van der Waals surface area contributed by atoms with Gasteiger partial charge in [-0.15, -0.1) is 0 Å². The van der Waals surface area contributed by atoms with Crippen LogP contribution in [0.3, 0.4) is 0 Å². The molecular weight excluding hydrogens is 244 g/mol. The molecule has 0 spiro atoms. The summed E-state index contributed by atoms with van der Waals surface area (Å²) in [5.41, 5.74) is 6.74. The molecule has 0 saturated carbocycles. The van der Waals surface area contributed by atoms with Gasteiger partial charge in [0.1, 0.15) is 0 Å². The quantitative estimate of drug-likeness (QED) is 0.799. The van der Waals surface area contributed by atoms with Gasteiger partial charge in [-0.25, -0.2) is 4.79 Å². The lowest BCUT2D eigenvalue weighted by atomic mass is 10.0. The maximum Gasteiger partial charge on any atom is 0.337 e. The van der Waals surface area contributed by atoms with Gasteiger partial charge >= 0.3 is 5.97 Å². The number of hydrogen-bond acceptors (Lipinski definition) is 4. The predicted molar refractivity (Wildman–Crippen MR) is 74.7 cm³/mol. The number of aromatic carboxylic acids is 1. The Balaban J connectivity index is 2.31. The van der Waals surface area contributed by atoms with E-state index in [1.165, 1.54) is 0 Å². The topological polar surface area (TPSA) is 75.8 Å². The third-order valence-corrected chi connectivity index (χ3v) is 3.20. The Morgan fingerprint density at radius 3 is 2.79 bits per heavy atom. The van der Waals surface area contributed by atoms with Crippen LogP contribution >= 0.6 is 0 Å². The Morgan fingerprint density at radius 1 is 1.53 bits per heavy atom. The van der Waals surface area contributed by atoms with Crippen LogP contribution in [-0.2, 0) is 4.74 Å². The summed E-state index contributed by atoms with van der Waals surface area (Å²) in [4.78, 5) is 13.3. The number of nitrogens with two attached hydrogens (primary N) is 1. The van der Waals surface area contributed by atoms with Crippen molar-refractivity contribution >= 4 is 17.3 Å². The van der Waals surface area contributed by atoms with E-state index in [9.17, 15) is 4.79 Å². The molecule has 1 heterocycles. The number of ether oxygens (including phenoxy) is 1. The number of carboxylic acids is 1. The Morgan fingerprint density at radius 2 is 2.21 bits per heavy atom. The van der Waals surface area contributed by atoms with Gasteiger partial charge in [0, 0.05) is 24.5 Å². The molecule has 0 radical (unpaired) electrons. The Labute approximate surface area is 113 Å². The van der Waals surface area contributed by atoms with Gasteiger partial charge in [0.25, 0.3) is 0 Å². The predicted octanol–water partition coefficient (Wildman–Crippen LogP) is 1.97. The average molecular weight is 264 g/mol. The molecular formula is C14H20N2O3. The number of morpholine rings is 1. The number of nitrogen functional groups attached to an aromatic ring is 1. The number of carboxylic acid groups (broad SMARTS) is 1. The zero-order valence-electron chi connectivity index (χ0n) is 11.5. The molecule has 1 aliphatic rings. The zero-order chi connectivity index (χ0) is 14.2. The molecule has 1 saturated heterocycles. The number of nitrogens with zero attached hydrogens (tertiary/aromatic N) is 1. The SMILES string of the molecule is CC1CN(c2ccc(N)c(C(=O)O)c2)CC(C)(C)O1. The molecule has 5 nitrogen and oxygen atoms in total. The van der Waals surface area contributed by atoms with Crippen LogP contribution in [0.2, 0.25) is 0 Å². The van der Waals surface area contributed by atoms with E-state index in [-0.39, 0.29) is 23.0 Å². The minimum Gasteiger partial charge on any atom is -0.478 e. The minimum absolute atomic E-state index is 0.106. The van der Waals surface area contributed by atoms with Crippen molar-refractivity contribution in [1.82, 2.24) is 0 Å². The molecule has 19 heavy (non-hydrogen) atoms. The Kier molecular flexibility index (Phi) is 3.41. The largest absolute Gasteiger partial charge is 0.478 e. The first-order valence-corrected chi connectivity index (χ1v) is 6.34. The second-order valence-corrected chi connectivity index (χ2v) is 5.65. The zero-order valence-corrected chi connectivity index (χ0v) is 11.5. The van der Waals surface area contributed by atoms with E-state index in [4.69, 9.17) is 15.6 Å². The van der Waals surface area contributed by atoms with Crippen molar-refractivity contribution in [3.05, 3.63) is 23.8 Å². The highest BCUT2D eigenvalue weighted by atomic mass is 16.5. The van der Waals surface area contributed by atoms with Crippen molar-refractivity contribution in [1.29, 1.82) is 0 Å². The number of rotatable bonds is 2. The van der Waals surface area contributed by atoms with Crippen LogP contribution < -0.4 is 10.6 Å². The maximum atomic E-state index is 11.1. The third-order valence-electron chi connectivity index (χ3n) is 3.20. The molecule has 104 valence electrons. The van der Waals surface area contributed by atoms with Crippen LogP contribution in [-0.4, -0.2) is 35.9 Å². The first-order chi connectivity index (χ1) is 8.78. The molecule has 1 aromatic rings. The highest BCUT2D eigenvalue weighted by Gasteiger charge is 2.31. The fourth-order valence-electron chi connectivity index (χ4n) is 2.58. The van der Waals surface area contributed by atoms with Crippen LogP contribution in [0.5, 0.6) is 0 Å². The second-order valence-electron chi connectivity index (χ2n) is 5.65. The van der Waals surface area contributed by atoms with Crippen LogP contribution in [0.1, 0.15) is 31.1 Å². The molecule has 3 N–H and O–H groups in total. The molecule has 1 aliphatic heterocycles. The van der Waals surface area contributed by atoms with Crippen LogP contribution in [0.4, 0.5) is 11.4 Å². The summed E-state index contributed by atoms with van der Waals surface area (Å²) < 4.78 is 5.84. The van der Waals surface area contributed by atoms with Crippen LogP contribution in [0, 0.1) is 0 Å². The highest BCUT2D eigenvalue weighted by molar-refractivity contribution is 5.94. The van der Waals surface area contributed by atoms with Gasteiger partial charge in [-0.1, -0.05) is 0 Å². The van der Waals surface area contributed by atoms with Gasteiger partial charge in [0.05, 0.1) is 17.3 Å². The molecule has 2 rings (SSSR count). The van der Waals surface area contributed by atoms with Crippen molar-refractivity contribution in [2.75, 3.05) is 23.7 Å². The standard InChI is InChI=1S/C14H20N2O3/c1-9-7-16(8-14(2,3)19-9)10-4-5-12(15)11(6-10)13(17)18/h4-6,9H,7-8,15H2,1-3H3,(H,17,18). The molecule has 0 aliphatic carbocycles. The van der Waals surface area contributed by atoms with Crippen molar-refractivity contribution in [2.45, 2.75) is 32.5 Å². The number of carbonyl (C=O) groups is 1. The van der Waals surface area contributed by atoms with Crippen LogP contribution in [0.25, 0.3) is 0 Å². The van der Waals surface area contributed by atoms with Gasteiger partial charge in [0.2, 0.25) is 0 Å². The first kappa shape index (κ1) is 13.7. The number of anilines is 2. The van der Waals surface area contributed by atoms with E-state index in [2.05, 4.69) is 4.90 Å². The Bertz CT molecular complexity index is 499. The fraction of sp³-hybridized carbons (Fsp3) is 0.500. The summed E-state index contributed by atoms with van der Waals surface area (Å²) in [5.74, 6) is -1.00. The monoisotopic (exact) mass is 264 g/mol. The lowest BCUT2D eigenvalue weighted by molar-refractivity contribution is -0.0749. The molecule has 5 heteroatoms. The average Bonchev–Trinajstić information content (AvgIpc) is 2.26. The van der Waals surface area contributed by atoms with Crippen molar-refractivity contribution < 1.29 is 14.6 Å². The van der Waals surface area contributed by atoms with E-state index >= 15 is 0 Å². The summed E-state index contributed by atoms with van der Waals surface area (Å²) >= 11 is 0. The lowest BCUT2D eigenvalue weighted by Crippen LogP contribution is -2.52. The van der Waals surface area contributed by atoms with Gasteiger partial charge in [-0.05, 0) is 39.0 Å². The van der Waals surface area contributed by atoms with Gasteiger partial charge in [0.15, 0.2) is 0 Å². The number of hydrogen-bond donors (Lipinski definition) is 2. The molecule has 0 amide bonds. The van der Waals surface area contributed by atoms with E-state index in [1.807, 2.05) is 26.8 Å². The summed E-state index contributed by atoms with van der Waals surface area (Å²) in [5, 5.41) is 9.12. The highest BCUT2D eigenvalue weighted by Crippen LogP contribution is 2.28. The smallest absolute Gasteiger partial charge is 0.337 e. The number of benzene rings is 1. The van der Waals surface area contributed by atoms with Crippen molar-refractivity contribution in [3.63, 3.8) is 0 Å². The summed E-state index contributed by atoms with van der Waals surface area (Å²) in [6, 6.07) is 5.13. The third kappa shape index (κ3) is 2.98. The van der Waals surface area contributed by atoms with Gasteiger partial charge in [-0.2, -0.15) is 0 Å². The summed E-state index contributed by atoms with van der Waals surface area (Å²) in [6.07, 6.45) is 0.106. The van der Waals surface area contributed by atoms with E-state index in [0.29, 0.717) is 0 Å². The van der Waals surface area contributed by atoms with Gasteiger partial charge in [-0.3, -0.25) is 0 Å². The molecule has 0 aromatic heterocycles. The van der Waals surface area contributed by atoms with Gasteiger partial charge < -0.3 is 20.5 Å². The van der Waals surface area contributed by atoms with Crippen molar-refractivity contribution in [3.8, 4) is 0 Å². The van der Waals surface area contributed by atoms with Crippen molar-refractivity contribution in [2.24, 2.45) is 0 Å². The van der Waals surface area contributed by atoms with Crippen LogP contribution in [0.15, 0.2) is 18.2 Å². The van der Waals surface area contributed by atoms with E-state index in [0.717, 1.165) is 18.8 Å².